The molecule has 0 spiro atoms. The third-order valence-electron chi connectivity index (χ3n) is 1.02. The van der Waals surface area contributed by atoms with Gasteiger partial charge in [-0.05, 0) is 6.07 Å². The maximum absolute atomic E-state index is 12.2. The molecule has 0 atom stereocenters. The first-order valence-electron chi connectivity index (χ1n) is 3.23. The van der Waals surface area contributed by atoms with E-state index < -0.39 is 18.4 Å². The van der Waals surface area contributed by atoms with Crippen LogP contribution in [0.15, 0.2) is 24.3 Å². The number of halogens is 1. The number of hydrogen-bond acceptors (Lipinski definition) is 4. The normalized spacial score (nSPS) is 8.23. The fourth-order valence-corrected chi connectivity index (χ4v) is 0.590. The Bertz CT molecular complexity index is 283. The minimum Gasteiger partial charge on any atom is -0.430 e. The first-order chi connectivity index (χ1) is 6.11. The number of nitro benzene ring substituents is 1. The molecule has 0 radical (unpaired) electrons. The second-order valence-electron chi connectivity index (χ2n) is 1.88. The highest BCUT2D eigenvalue weighted by atomic mass is 19.1. The van der Waals surface area contributed by atoms with Crippen molar-refractivity contribution in [2.45, 2.75) is 0 Å². The maximum atomic E-state index is 12.2. The fourth-order valence-electron chi connectivity index (χ4n) is 0.590. The van der Waals surface area contributed by atoms with Crippen molar-refractivity contribution in [3.05, 3.63) is 40.2 Å². The maximum Gasteiger partial charge on any atom is 0.432 e. The number of benzene rings is 1. The Labute approximate surface area is 73.9 Å². The number of non-ortho nitro benzene ring substituents is 1. The smallest absolute Gasteiger partial charge is 0.430 e. The monoisotopic (exact) mass is 187 g/mol. The Morgan fingerprint density at radius 3 is 2.31 bits per heavy atom. The van der Waals surface area contributed by atoms with E-state index in [1.165, 1.54) is 12.1 Å². The van der Waals surface area contributed by atoms with Gasteiger partial charge in [0.1, 0.15) is 5.82 Å². The molecule has 1 rings (SSSR count). The minimum atomic E-state index is -0.750. The van der Waals surface area contributed by atoms with Gasteiger partial charge in [-0.3, -0.25) is 10.1 Å². The first-order valence-corrected chi connectivity index (χ1v) is 3.23. The van der Waals surface area contributed by atoms with E-state index in [9.17, 15) is 14.5 Å². The van der Waals surface area contributed by atoms with Crippen molar-refractivity contribution in [2.24, 2.45) is 0 Å². The Morgan fingerprint density at radius 1 is 1.46 bits per heavy atom. The minimum absolute atomic E-state index is 0.222. The summed E-state index contributed by atoms with van der Waals surface area (Å²) < 4.78 is 12.2. The predicted octanol–water partition coefficient (Wildman–Crippen LogP) is -0.0286. The SMILES string of the molecule is O=[N+]([O-])c1cccc(F)c1.OBO. The molecular weight excluding hydrogens is 180 g/mol. The van der Waals surface area contributed by atoms with Gasteiger partial charge in [0.25, 0.3) is 5.69 Å². The topological polar surface area (TPSA) is 83.6 Å². The molecule has 0 saturated heterocycles. The van der Waals surface area contributed by atoms with Crippen molar-refractivity contribution in [3.63, 3.8) is 0 Å². The summed E-state index contributed by atoms with van der Waals surface area (Å²) in [4.78, 5) is 9.36. The summed E-state index contributed by atoms with van der Waals surface area (Å²) in [6.07, 6.45) is 0. The summed E-state index contributed by atoms with van der Waals surface area (Å²) >= 11 is 0. The standard InChI is InChI=1S/C6H4FNO2.BH3O2/c7-5-2-1-3-6(4-5)8(9)10;2-1-3/h1-4H;1-3H. The van der Waals surface area contributed by atoms with E-state index in [1.807, 2.05) is 0 Å². The summed E-state index contributed by atoms with van der Waals surface area (Å²) in [5.41, 5.74) is -0.222. The quantitative estimate of drug-likeness (QED) is 0.367. The van der Waals surface area contributed by atoms with Crippen LogP contribution >= 0.6 is 0 Å². The molecule has 0 saturated carbocycles. The van der Waals surface area contributed by atoms with Gasteiger partial charge in [0.15, 0.2) is 0 Å². The molecule has 0 heterocycles. The molecule has 0 unspecified atom stereocenters. The second kappa shape index (κ2) is 6.10. The van der Waals surface area contributed by atoms with Gasteiger partial charge in [-0.2, -0.15) is 0 Å². The molecule has 0 aliphatic rings. The Morgan fingerprint density at radius 2 is 2.00 bits per heavy atom. The fraction of sp³-hybridized carbons (Fsp3) is 0. The lowest BCUT2D eigenvalue weighted by molar-refractivity contribution is -0.385. The van der Waals surface area contributed by atoms with E-state index >= 15 is 0 Å². The summed E-state index contributed by atoms with van der Waals surface area (Å²) in [6, 6.07) is 4.57. The second-order valence-corrected chi connectivity index (χ2v) is 1.88. The first kappa shape index (κ1) is 11.5. The molecular formula is C6H7BFNO4. The average Bonchev–Trinajstić information content (AvgIpc) is 2.05. The van der Waals surface area contributed by atoms with Gasteiger partial charge in [0.05, 0.1) is 11.0 Å². The van der Waals surface area contributed by atoms with Crippen LogP contribution in [0, 0.1) is 15.9 Å². The van der Waals surface area contributed by atoms with Crippen LogP contribution in [0.2, 0.25) is 0 Å². The molecule has 0 aliphatic carbocycles. The Hall–Kier alpha value is -1.47. The van der Waals surface area contributed by atoms with Gasteiger partial charge in [-0.1, -0.05) is 6.07 Å². The predicted molar refractivity (Wildman–Crippen MR) is 44.6 cm³/mol. The zero-order valence-corrected chi connectivity index (χ0v) is 6.55. The molecule has 13 heavy (non-hydrogen) atoms. The van der Waals surface area contributed by atoms with Crippen molar-refractivity contribution in [1.29, 1.82) is 0 Å². The Kier molecular flexibility index (Phi) is 5.41. The molecule has 1 aromatic rings. The van der Waals surface area contributed by atoms with Gasteiger partial charge in [-0.25, -0.2) is 4.39 Å². The van der Waals surface area contributed by atoms with Crippen LogP contribution < -0.4 is 0 Å². The Balaban J connectivity index is 0.000000424. The van der Waals surface area contributed by atoms with Crippen molar-refractivity contribution >= 4 is 13.4 Å². The van der Waals surface area contributed by atoms with Crippen LogP contribution in [0.4, 0.5) is 10.1 Å². The van der Waals surface area contributed by atoms with Crippen LogP contribution in [0.1, 0.15) is 0 Å². The van der Waals surface area contributed by atoms with E-state index in [1.54, 1.807) is 0 Å². The zero-order chi connectivity index (χ0) is 10.3. The highest BCUT2D eigenvalue weighted by molar-refractivity contribution is 6.13. The third-order valence-corrected chi connectivity index (χ3v) is 1.02. The molecule has 1 aromatic carbocycles. The van der Waals surface area contributed by atoms with Crippen LogP contribution in [-0.2, 0) is 0 Å². The van der Waals surface area contributed by atoms with Gasteiger partial charge in [-0.15, -0.1) is 0 Å². The lowest BCUT2D eigenvalue weighted by Gasteiger charge is -1.88. The number of hydrogen-bond donors (Lipinski definition) is 2. The molecule has 0 amide bonds. The zero-order valence-electron chi connectivity index (χ0n) is 6.55. The largest absolute Gasteiger partial charge is 0.432 e. The van der Waals surface area contributed by atoms with Gasteiger partial charge in [0.2, 0.25) is 0 Å². The van der Waals surface area contributed by atoms with Crippen LogP contribution in [0.3, 0.4) is 0 Å². The van der Waals surface area contributed by atoms with E-state index in [2.05, 4.69) is 0 Å². The molecule has 0 bridgehead atoms. The number of nitrogens with zero attached hydrogens (tertiary/aromatic N) is 1. The van der Waals surface area contributed by atoms with Gasteiger partial charge in [0, 0.05) is 6.07 Å². The number of nitro groups is 1. The molecule has 0 aliphatic heterocycles. The molecule has 2 N–H and O–H groups in total. The summed E-state index contributed by atoms with van der Waals surface area (Å²) in [6.45, 7) is 0. The van der Waals surface area contributed by atoms with Crippen LogP contribution in [-0.4, -0.2) is 22.7 Å². The lowest BCUT2D eigenvalue weighted by Crippen LogP contribution is -1.87. The van der Waals surface area contributed by atoms with Crippen molar-refractivity contribution in [1.82, 2.24) is 0 Å². The van der Waals surface area contributed by atoms with E-state index in [0.717, 1.165) is 12.1 Å². The molecule has 0 aromatic heterocycles. The van der Waals surface area contributed by atoms with E-state index in [0.29, 0.717) is 0 Å². The van der Waals surface area contributed by atoms with Crippen LogP contribution in [0.5, 0.6) is 0 Å². The van der Waals surface area contributed by atoms with Crippen molar-refractivity contribution in [3.8, 4) is 0 Å². The summed E-state index contributed by atoms with van der Waals surface area (Å²) in [5.74, 6) is -0.589. The highest BCUT2D eigenvalue weighted by Crippen LogP contribution is 2.10. The summed E-state index contributed by atoms with van der Waals surface area (Å²) in [7, 11) is -0.750. The molecule has 5 nitrogen and oxygen atoms in total. The summed E-state index contributed by atoms with van der Waals surface area (Å²) in [5, 5.41) is 24.2. The molecule has 70 valence electrons. The molecule has 0 fully saturated rings. The van der Waals surface area contributed by atoms with Crippen molar-refractivity contribution < 1.29 is 19.4 Å². The van der Waals surface area contributed by atoms with Crippen molar-refractivity contribution in [2.75, 3.05) is 0 Å². The van der Waals surface area contributed by atoms with E-state index in [-0.39, 0.29) is 5.69 Å². The van der Waals surface area contributed by atoms with E-state index in [4.69, 9.17) is 10.0 Å². The van der Waals surface area contributed by atoms with Gasteiger partial charge >= 0.3 is 7.69 Å². The van der Waals surface area contributed by atoms with Crippen LogP contribution in [0.25, 0.3) is 0 Å². The molecule has 7 heteroatoms. The highest BCUT2D eigenvalue weighted by Gasteiger charge is 2.03. The number of rotatable bonds is 1. The lowest BCUT2D eigenvalue weighted by atomic mass is 10.3. The average molecular weight is 187 g/mol. The third kappa shape index (κ3) is 4.88. The van der Waals surface area contributed by atoms with Gasteiger partial charge < -0.3 is 10.0 Å².